The quantitative estimate of drug-likeness (QED) is 0.672. The molecule has 0 saturated carbocycles. The number of nitrogen functional groups attached to an aromatic ring is 1. The number of benzene rings is 1. The van der Waals surface area contributed by atoms with Crippen molar-refractivity contribution in [3.05, 3.63) is 40.8 Å². The lowest BCUT2D eigenvalue weighted by atomic mass is 10.2. The summed E-state index contributed by atoms with van der Waals surface area (Å²) in [4.78, 5) is 11.7. The van der Waals surface area contributed by atoms with Crippen LogP contribution < -0.4 is 10.5 Å². The van der Waals surface area contributed by atoms with E-state index in [0.717, 1.165) is 11.3 Å². The molecule has 0 unspecified atom stereocenters. The van der Waals surface area contributed by atoms with Crippen LogP contribution in [0.25, 0.3) is 0 Å². The van der Waals surface area contributed by atoms with E-state index >= 15 is 0 Å². The molecule has 0 aliphatic carbocycles. The fourth-order valence-corrected chi connectivity index (χ4v) is 1.86. The Balaban J connectivity index is 2.16. The average Bonchev–Trinajstić information content (AvgIpc) is 2.77. The van der Waals surface area contributed by atoms with Gasteiger partial charge in [-0.2, -0.15) is 0 Å². The number of aryl methyl sites for hydroxylation is 2. The summed E-state index contributed by atoms with van der Waals surface area (Å²) in [6.07, 6.45) is 0. The van der Waals surface area contributed by atoms with Crippen LogP contribution in [-0.4, -0.2) is 17.7 Å². The highest BCUT2D eigenvalue weighted by Crippen LogP contribution is 2.25. The Morgan fingerprint density at radius 1 is 1.38 bits per heavy atom. The van der Waals surface area contributed by atoms with Crippen molar-refractivity contribution in [2.45, 2.75) is 27.4 Å². The molecule has 0 aliphatic heterocycles. The topological polar surface area (TPSA) is 87.6 Å². The maximum atomic E-state index is 11.7. The lowest BCUT2D eigenvalue weighted by Crippen LogP contribution is -2.06. The molecular formula is C15H18N2O4. The van der Waals surface area contributed by atoms with Gasteiger partial charge in [0.2, 0.25) is 0 Å². The molecule has 2 N–H and O–H groups in total. The van der Waals surface area contributed by atoms with Gasteiger partial charge in [-0.1, -0.05) is 5.16 Å². The number of carbonyl (C=O) groups is 1. The molecule has 0 saturated heterocycles. The van der Waals surface area contributed by atoms with E-state index in [1.54, 1.807) is 25.1 Å². The number of hydrogen-bond donors (Lipinski definition) is 1. The summed E-state index contributed by atoms with van der Waals surface area (Å²) in [6, 6.07) is 4.80. The number of hydrogen-bond acceptors (Lipinski definition) is 6. The van der Waals surface area contributed by atoms with E-state index < -0.39 is 5.97 Å². The molecular weight excluding hydrogens is 272 g/mol. The van der Waals surface area contributed by atoms with E-state index in [0.29, 0.717) is 29.4 Å². The number of ether oxygens (including phenoxy) is 2. The summed E-state index contributed by atoms with van der Waals surface area (Å²) in [7, 11) is 0. The molecule has 1 aromatic heterocycles. The predicted octanol–water partition coefficient (Wildman–Crippen LogP) is 2.63. The summed E-state index contributed by atoms with van der Waals surface area (Å²) >= 11 is 0. The molecule has 6 heteroatoms. The fourth-order valence-electron chi connectivity index (χ4n) is 1.86. The fraction of sp³-hybridized carbons (Fsp3) is 0.333. The molecule has 112 valence electrons. The van der Waals surface area contributed by atoms with E-state index in [-0.39, 0.29) is 6.61 Å². The smallest absolute Gasteiger partial charge is 0.338 e. The molecule has 1 heterocycles. The van der Waals surface area contributed by atoms with Crippen LogP contribution in [0, 0.1) is 13.8 Å². The van der Waals surface area contributed by atoms with Gasteiger partial charge in [0.15, 0.2) is 0 Å². The van der Waals surface area contributed by atoms with Gasteiger partial charge in [0.25, 0.3) is 0 Å². The van der Waals surface area contributed by atoms with Gasteiger partial charge in [-0.15, -0.1) is 0 Å². The summed E-state index contributed by atoms with van der Waals surface area (Å²) in [5.41, 5.74) is 8.36. The zero-order chi connectivity index (χ0) is 15.4. The van der Waals surface area contributed by atoms with Gasteiger partial charge in [0.1, 0.15) is 18.1 Å². The van der Waals surface area contributed by atoms with Crippen LogP contribution >= 0.6 is 0 Å². The van der Waals surface area contributed by atoms with Crippen LogP contribution in [-0.2, 0) is 11.3 Å². The minimum Gasteiger partial charge on any atom is -0.487 e. The van der Waals surface area contributed by atoms with Gasteiger partial charge < -0.3 is 19.7 Å². The minimum atomic E-state index is -0.403. The van der Waals surface area contributed by atoms with Gasteiger partial charge >= 0.3 is 5.97 Å². The van der Waals surface area contributed by atoms with Crippen molar-refractivity contribution in [2.24, 2.45) is 0 Å². The number of aromatic nitrogens is 1. The van der Waals surface area contributed by atoms with Crippen LogP contribution in [0.5, 0.6) is 5.75 Å². The maximum absolute atomic E-state index is 11.7. The monoisotopic (exact) mass is 290 g/mol. The summed E-state index contributed by atoms with van der Waals surface area (Å²) in [6.45, 7) is 6.00. The Morgan fingerprint density at radius 2 is 2.14 bits per heavy atom. The Labute approximate surface area is 122 Å². The number of carbonyl (C=O) groups excluding carboxylic acids is 1. The highest BCUT2D eigenvalue weighted by molar-refractivity contribution is 5.90. The second-order valence-corrected chi connectivity index (χ2v) is 4.56. The van der Waals surface area contributed by atoms with Crippen LogP contribution in [0.2, 0.25) is 0 Å². The van der Waals surface area contributed by atoms with E-state index in [9.17, 15) is 4.79 Å². The highest BCUT2D eigenvalue weighted by atomic mass is 16.5. The van der Waals surface area contributed by atoms with E-state index in [1.807, 2.05) is 13.8 Å². The summed E-state index contributed by atoms with van der Waals surface area (Å²) < 4.78 is 15.7. The molecule has 21 heavy (non-hydrogen) atoms. The van der Waals surface area contributed by atoms with E-state index in [4.69, 9.17) is 19.7 Å². The van der Waals surface area contributed by atoms with Crippen LogP contribution in [0.4, 0.5) is 5.69 Å². The van der Waals surface area contributed by atoms with E-state index in [1.165, 1.54) is 0 Å². The molecule has 0 aliphatic rings. The molecule has 2 rings (SSSR count). The molecule has 0 radical (unpaired) electrons. The second kappa shape index (κ2) is 6.30. The third kappa shape index (κ3) is 3.34. The molecule has 0 amide bonds. The zero-order valence-corrected chi connectivity index (χ0v) is 12.3. The van der Waals surface area contributed by atoms with E-state index in [2.05, 4.69) is 5.16 Å². The van der Waals surface area contributed by atoms with Gasteiger partial charge in [0.05, 0.1) is 29.1 Å². The number of nitrogens with zero attached hydrogens (tertiary/aromatic N) is 1. The molecule has 6 nitrogen and oxygen atoms in total. The lowest BCUT2D eigenvalue weighted by Gasteiger charge is -2.10. The third-order valence-corrected chi connectivity index (χ3v) is 3.08. The normalized spacial score (nSPS) is 10.4. The molecule has 2 aromatic rings. The van der Waals surface area contributed by atoms with Gasteiger partial charge in [0, 0.05) is 0 Å². The minimum absolute atomic E-state index is 0.275. The largest absolute Gasteiger partial charge is 0.487 e. The van der Waals surface area contributed by atoms with Crippen LogP contribution in [0.15, 0.2) is 22.7 Å². The van der Waals surface area contributed by atoms with Crippen molar-refractivity contribution in [3.63, 3.8) is 0 Å². The van der Waals surface area contributed by atoms with Crippen molar-refractivity contribution < 1.29 is 18.8 Å². The first-order valence-electron chi connectivity index (χ1n) is 6.64. The van der Waals surface area contributed by atoms with Gasteiger partial charge in [-0.25, -0.2) is 4.79 Å². The Bertz CT molecular complexity index is 630. The number of nitrogens with two attached hydrogens (primary N) is 1. The predicted molar refractivity (Wildman–Crippen MR) is 77.1 cm³/mol. The number of anilines is 1. The Morgan fingerprint density at radius 3 is 2.76 bits per heavy atom. The first kappa shape index (κ1) is 14.9. The van der Waals surface area contributed by atoms with Crippen molar-refractivity contribution in [1.29, 1.82) is 0 Å². The summed E-state index contributed by atoms with van der Waals surface area (Å²) in [5.74, 6) is 0.730. The number of rotatable bonds is 5. The summed E-state index contributed by atoms with van der Waals surface area (Å²) in [5, 5.41) is 3.86. The van der Waals surface area contributed by atoms with Gasteiger partial charge in [-0.05, 0) is 39.0 Å². The standard InChI is InChI=1S/C15H18N2O4/c1-4-19-15(18)11-5-6-13(16)14(7-11)20-8-12-9(2)17-21-10(12)3/h5-7H,4,8,16H2,1-3H3. The third-order valence-electron chi connectivity index (χ3n) is 3.08. The highest BCUT2D eigenvalue weighted by Gasteiger charge is 2.13. The van der Waals surface area contributed by atoms with Crippen LogP contribution in [0.1, 0.15) is 34.3 Å². The van der Waals surface area contributed by atoms with Crippen LogP contribution in [0.3, 0.4) is 0 Å². The molecule has 0 bridgehead atoms. The van der Waals surface area contributed by atoms with Crippen molar-refractivity contribution in [3.8, 4) is 5.75 Å². The maximum Gasteiger partial charge on any atom is 0.338 e. The molecule has 1 aromatic carbocycles. The van der Waals surface area contributed by atoms with Crippen molar-refractivity contribution >= 4 is 11.7 Å². The average molecular weight is 290 g/mol. The molecule has 0 atom stereocenters. The SMILES string of the molecule is CCOC(=O)c1ccc(N)c(OCc2c(C)noc2C)c1. The number of esters is 1. The first-order chi connectivity index (χ1) is 10.0. The lowest BCUT2D eigenvalue weighted by molar-refractivity contribution is 0.0526. The zero-order valence-electron chi connectivity index (χ0n) is 12.3. The Hall–Kier alpha value is -2.50. The van der Waals surface area contributed by atoms with Crippen molar-refractivity contribution in [1.82, 2.24) is 5.16 Å². The second-order valence-electron chi connectivity index (χ2n) is 4.56. The van der Waals surface area contributed by atoms with Crippen molar-refractivity contribution in [2.75, 3.05) is 12.3 Å². The van der Waals surface area contributed by atoms with Gasteiger partial charge in [-0.3, -0.25) is 0 Å². The Kier molecular flexibility index (Phi) is 4.47. The first-order valence-corrected chi connectivity index (χ1v) is 6.64. The molecule has 0 fully saturated rings. The molecule has 0 spiro atoms.